The zero-order chi connectivity index (χ0) is 14.5. The molecule has 108 valence electrons. The van der Waals surface area contributed by atoms with Crippen molar-refractivity contribution in [2.24, 2.45) is 5.92 Å². The highest BCUT2D eigenvalue weighted by Crippen LogP contribution is 2.23. The van der Waals surface area contributed by atoms with E-state index in [1.165, 1.54) is 6.26 Å². The minimum atomic E-state index is -0.121. The number of oxazole rings is 1. The molecule has 0 saturated heterocycles. The van der Waals surface area contributed by atoms with Crippen LogP contribution in [-0.4, -0.2) is 28.6 Å². The van der Waals surface area contributed by atoms with Gasteiger partial charge in [0.2, 0.25) is 11.8 Å². The summed E-state index contributed by atoms with van der Waals surface area (Å²) in [6.07, 6.45) is 1.69. The Morgan fingerprint density at radius 3 is 3.00 bits per heavy atom. The van der Waals surface area contributed by atoms with Crippen molar-refractivity contribution in [3.8, 4) is 10.8 Å². The standard InChI is InChI=1S/C14H18N2O3S/c1-9(7-17)10(2)15-13(18)6-11-8-19-14(16-11)12-4-3-5-20-12/h3-5,8-10,17H,6-7H2,1-2H3,(H,15,18). The highest BCUT2D eigenvalue weighted by molar-refractivity contribution is 7.13. The maximum Gasteiger partial charge on any atom is 0.236 e. The number of hydrogen-bond acceptors (Lipinski definition) is 5. The van der Waals surface area contributed by atoms with Gasteiger partial charge in [0.05, 0.1) is 17.0 Å². The number of aliphatic hydroxyl groups is 1. The first-order valence-electron chi connectivity index (χ1n) is 6.48. The molecule has 0 radical (unpaired) electrons. The van der Waals surface area contributed by atoms with Crippen LogP contribution < -0.4 is 5.32 Å². The van der Waals surface area contributed by atoms with Gasteiger partial charge in [-0.3, -0.25) is 4.79 Å². The molecular formula is C14H18N2O3S. The van der Waals surface area contributed by atoms with Gasteiger partial charge in [0.1, 0.15) is 6.26 Å². The first-order chi connectivity index (χ1) is 9.60. The number of carbonyl (C=O) groups excluding carboxylic acids is 1. The monoisotopic (exact) mass is 294 g/mol. The van der Waals surface area contributed by atoms with E-state index in [0.29, 0.717) is 11.6 Å². The molecule has 2 atom stereocenters. The SMILES string of the molecule is CC(CO)C(C)NC(=O)Cc1coc(-c2cccs2)n1. The van der Waals surface area contributed by atoms with Crippen molar-refractivity contribution in [1.82, 2.24) is 10.3 Å². The van der Waals surface area contributed by atoms with Crippen LogP contribution in [0.2, 0.25) is 0 Å². The molecule has 2 rings (SSSR count). The molecule has 0 bridgehead atoms. The summed E-state index contributed by atoms with van der Waals surface area (Å²) in [7, 11) is 0. The predicted molar refractivity (Wildman–Crippen MR) is 77.4 cm³/mol. The number of nitrogens with zero attached hydrogens (tertiary/aromatic N) is 1. The molecule has 0 aliphatic carbocycles. The Bertz CT molecular complexity index is 551. The summed E-state index contributed by atoms with van der Waals surface area (Å²) in [5.41, 5.74) is 0.606. The van der Waals surface area contributed by atoms with E-state index in [2.05, 4.69) is 10.3 Å². The lowest BCUT2D eigenvalue weighted by atomic mass is 10.1. The van der Waals surface area contributed by atoms with Crippen LogP contribution in [0.3, 0.4) is 0 Å². The molecule has 0 aliphatic rings. The van der Waals surface area contributed by atoms with Crippen molar-refractivity contribution < 1.29 is 14.3 Å². The third-order valence-corrected chi connectivity index (χ3v) is 4.01. The number of rotatable bonds is 6. The van der Waals surface area contributed by atoms with Gasteiger partial charge in [-0.2, -0.15) is 0 Å². The van der Waals surface area contributed by atoms with Crippen molar-refractivity contribution in [1.29, 1.82) is 0 Å². The van der Waals surface area contributed by atoms with Crippen LogP contribution in [0.25, 0.3) is 10.8 Å². The molecule has 5 nitrogen and oxygen atoms in total. The van der Waals surface area contributed by atoms with E-state index in [4.69, 9.17) is 9.52 Å². The number of nitrogens with one attached hydrogen (secondary N) is 1. The number of aliphatic hydroxyl groups excluding tert-OH is 1. The molecule has 0 fully saturated rings. The lowest BCUT2D eigenvalue weighted by Gasteiger charge is -2.18. The highest BCUT2D eigenvalue weighted by atomic mass is 32.1. The summed E-state index contributed by atoms with van der Waals surface area (Å²) in [5, 5.41) is 13.8. The van der Waals surface area contributed by atoms with E-state index in [1.54, 1.807) is 11.3 Å². The topological polar surface area (TPSA) is 75.4 Å². The van der Waals surface area contributed by atoms with Gasteiger partial charge in [-0.1, -0.05) is 13.0 Å². The molecular weight excluding hydrogens is 276 g/mol. The van der Waals surface area contributed by atoms with Gasteiger partial charge in [0.15, 0.2) is 0 Å². The van der Waals surface area contributed by atoms with Crippen molar-refractivity contribution in [3.05, 3.63) is 29.5 Å². The van der Waals surface area contributed by atoms with Gasteiger partial charge in [0.25, 0.3) is 0 Å². The van der Waals surface area contributed by atoms with Gasteiger partial charge in [-0.05, 0) is 24.3 Å². The highest BCUT2D eigenvalue weighted by Gasteiger charge is 2.16. The fraction of sp³-hybridized carbons (Fsp3) is 0.429. The third kappa shape index (κ3) is 3.68. The van der Waals surface area contributed by atoms with Crippen LogP contribution in [0.15, 0.2) is 28.2 Å². The van der Waals surface area contributed by atoms with Gasteiger partial charge in [-0.15, -0.1) is 11.3 Å². The summed E-state index contributed by atoms with van der Waals surface area (Å²) in [6.45, 7) is 3.81. The fourth-order valence-corrected chi connectivity index (χ4v) is 2.33. The van der Waals surface area contributed by atoms with Crippen molar-refractivity contribution >= 4 is 17.2 Å². The minimum Gasteiger partial charge on any atom is -0.444 e. The molecule has 0 aromatic carbocycles. The number of thiophene rings is 1. The normalized spacial score (nSPS) is 13.9. The molecule has 2 aromatic rings. The second kappa shape index (κ2) is 6.67. The van der Waals surface area contributed by atoms with Crippen LogP contribution in [-0.2, 0) is 11.2 Å². The lowest BCUT2D eigenvalue weighted by molar-refractivity contribution is -0.121. The van der Waals surface area contributed by atoms with Crippen molar-refractivity contribution in [2.75, 3.05) is 6.61 Å². The van der Waals surface area contributed by atoms with Crippen LogP contribution in [0.5, 0.6) is 0 Å². The second-order valence-electron chi connectivity index (χ2n) is 4.81. The molecule has 2 aromatic heterocycles. The molecule has 0 spiro atoms. The maximum atomic E-state index is 11.9. The molecule has 0 aliphatic heterocycles. The number of hydrogen-bond donors (Lipinski definition) is 2. The number of amides is 1. The van der Waals surface area contributed by atoms with Crippen molar-refractivity contribution in [3.63, 3.8) is 0 Å². The van der Waals surface area contributed by atoms with Gasteiger partial charge in [0, 0.05) is 12.6 Å². The summed E-state index contributed by atoms with van der Waals surface area (Å²) in [4.78, 5) is 17.1. The Morgan fingerprint density at radius 2 is 2.35 bits per heavy atom. The van der Waals surface area contributed by atoms with Crippen LogP contribution >= 0.6 is 11.3 Å². The summed E-state index contributed by atoms with van der Waals surface area (Å²) >= 11 is 1.54. The van der Waals surface area contributed by atoms with E-state index in [1.807, 2.05) is 31.4 Å². The van der Waals surface area contributed by atoms with Gasteiger partial charge < -0.3 is 14.8 Å². The van der Waals surface area contributed by atoms with Gasteiger partial charge in [-0.25, -0.2) is 4.98 Å². The molecule has 2 unspecified atom stereocenters. The molecule has 6 heteroatoms. The number of aromatic nitrogens is 1. The fourth-order valence-electron chi connectivity index (χ4n) is 1.67. The first kappa shape index (κ1) is 14.7. The summed E-state index contributed by atoms with van der Waals surface area (Å²) in [6, 6.07) is 3.77. The molecule has 2 N–H and O–H groups in total. The summed E-state index contributed by atoms with van der Waals surface area (Å²) < 4.78 is 5.36. The Kier molecular flexibility index (Phi) is 4.92. The molecule has 1 amide bonds. The van der Waals surface area contributed by atoms with Crippen LogP contribution in [0.1, 0.15) is 19.5 Å². The van der Waals surface area contributed by atoms with E-state index >= 15 is 0 Å². The first-order valence-corrected chi connectivity index (χ1v) is 7.36. The zero-order valence-electron chi connectivity index (χ0n) is 11.5. The van der Waals surface area contributed by atoms with Crippen molar-refractivity contribution in [2.45, 2.75) is 26.3 Å². The van der Waals surface area contributed by atoms with Crippen LogP contribution in [0, 0.1) is 5.92 Å². The maximum absolute atomic E-state index is 11.9. The minimum absolute atomic E-state index is 0.0259. The molecule has 2 heterocycles. The van der Waals surface area contributed by atoms with E-state index in [9.17, 15) is 4.79 Å². The Balaban J connectivity index is 1.92. The Morgan fingerprint density at radius 1 is 1.55 bits per heavy atom. The third-order valence-electron chi connectivity index (χ3n) is 3.16. The zero-order valence-corrected chi connectivity index (χ0v) is 12.3. The largest absolute Gasteiger partial charge is 0.444 e. The quantitative estimate of drug-likeness (QED) is 0.855. The van der Waals surface area contributed by atoms with Crippen LogP contribution in [0.4, 0.5) is 0 Å². The van der Waals surface area contributed by atoms with Gasteiger partial charge >= 0.3 is 0 Å². The molecule has 0 saturated carbocycles. The Labute approximate surface area is 121 Å². The Hall–Kier alpha value is -1.66. The molecule has 20 heavy (non-hydrogen) atoms. The predicted octanol–water partition coefficient (Wildman–Crippen LogP) is 2.08. The smallest absolute Gasteiger partial charge is 0.236 e. The van der Waals surface area contributed by atoms with E-state index < -0.39 is 0 Å². The van der Waals surface area contributed by atoms with E-state index in [-0.39, 0.29) is 30.9 Å². The average molecular weight is 294 g/mol. The van der Waals surface area contributed by atoms with E-state index in [0.717, 1.165) is 4.88 Å². The summed E-state index contributed by atoms with van der Waals surface area (Å²) in [5.74, 6) is 0.446. The second-order valence-corrected chi connectivity index (χ2v) is 5.76. The number of carbonyl (C=O) groups is 1. The lowest BCUT2D eigenvalue weighted by Crippen LogP contribution is -2.39. The average Bonchev–Trinajstić information content (AvgIpc) is 3.07.